The summed E-state index contributed by atoms with van der Waals surface area (Å²) in [5.41, 5.74) is 1.93. The Labute approximate surface area is 154 Å². The normalized spacial score (nSPS) is 17.4. The predicted octanol–water partition coefficient (Wildman–Crippen LogP) is 4.26. The number of hydrogen-bond acceptors (Lipinski definition) is 4. The molecule has 2 aromatic carbocycles. The Bertz CT molecular complexity index is 908. The van der Waals surface area contributed by atoms with Gasteiger partial charge in [-0.1, -0.05) is 12.1 Å². The zero-order valence-electron chi connectivity index (χ0n) is 14.5. The van der Waals surface area contributed by atoms with Crippen LogP contribution in [0.25, 0.3) is 6.08 Å². The van der Waals surface area contributed by atoms with Gasteiger partial charge in [0.25, 0.3) is 5.91 Å². The number of likely N-dealkylation sites (N-methyl/N-ethyl adjacent to an activating group) is 1. The molecule has 0 aromatic heterocycles. The van der Waals surface area contributed by atoms with Crippen molar-refractivity contribution in [3.63, 3.8) is 0 Å². The maximum absolute atomic E-state index is 13.8. The Morgan fingerprint density at radius 2 is 1.81 bits per heavy atom. The molecule has 4 nitrogen and oxygen atoms in total. The first kappa shape index (κ1) is 18.1. The molecular weight excluding hydrogens is 356 g/mol. The van der Waals surface area contributed by atoms with Crippen molar-refractivity contribution in [3.8, 4) is 0 Å². The highest BCUT2D eigenvalue weighted by molar-refractivity contribution is 8.18. The third-order valence-electron chi connectivity index (χ3n) is 3.84. The molecule has 3 rings (SSSR count). The second kappa shape index (κ2) is 7.29. The minimum Gasteiger partial charge on any atom is -0.378 e. The molecule has 0 bridgehead atoms. The summed E-state index contributed by atoms with van der Waals surface area (Å²) in [7, 11) is 5.48. The molecule has 134 valence electrons. The van der Waals surface area contributed by atoms with Crippen molar-refractivity contribution in [2.45, 2.75) is 0 Å². The van der Waals surface area contributed by atoms with E-state index in [1.54, 1.807) is 13.1 Å². The van der Waals surface area contributed by atoms with Crippen molar-refractivity contribution in [1.29, 1.82) is 0 Å². The van der Waals surface area contributed by atoms with E-state index in [0.717, 1.165) is 35.1 Å². The molecule has 7 heteroatoms. The van der Waals surface area contributed by atoms with E-state index in [0.29, 0.717) is 10.1 Å². The number of thioether (sulfide) groups is 1. The summed E-state index contributed by atoms with van der Waals surface area (Å²) in [6, 6.07) is 10.9. The molecule has 1 amide bonds. The monoisotopic (exact) mass is 373 g/mol. The number of aliphatic imine (C=N–C) groups is 1. The molecule has 26 heavy (non-hydrogen) atoms. The van der Waals surface area contributed by atoms with Gasteiger partial charge < -0.3 is 4.90 Å². The highest BCUT2D eigenvalue weighted by Gasteiger charge is 2.30. The zero-order valence-corrected chi connectivity index (χ0v) is 15.3. The molecule has 1 heterocycles. The SMILES string of the molecule is CN1C(=O)/C(=C\c2ccc(N(C)C)cc2)SC1=Nc1ccc(F)cc1F. The van der Waals surface area contributed by atoms with Crippen LogP contribution in [0.5, 0.6) is 0 Å². The molecule has 0 atom stereocenters. The van der Waals surface area contributed by atoms with E-state index in [4.69, 9.17) is 0 Å². The van der Waals surface area contributed by atoms with Gasteiger partial charge in [0.15, 0.2) is 11.0 Å². The fourth-order valence-corrected chi connectivity index (χ4v) is 3.33. The Morgan fingerprint density at radius 1 is 1.12 bits per heavy atom. The van der Waals surface area contributed by atoms with Crippen LogP contribution in [0.1, 0.15) is 5.56 Å². The van der Waals surface area contributed by atoms with Crippen molar-refractivity contribution in [2.75, 3.05) is 26.0 Å². The van der Waals surface area contributed by atoms with Gasteiger partial charge >= 0.3 is 0 Å². The number of hydrogen-bond donors (Lipinski definition) is 0. The fourth-order valence-electron chi connectivity index (χ4n) is 2.35. The maximum atomic E-state index is 13.8. The summed E-state index contributed by atoms with van der Waals surface area (Å²) in [4.78, 5) is 20.4. The lowest BCUT2D eigenvalue weighted by Crippen LogP contribution is -2.23. The lowest BCUT2D eigenvalue weighted by Gasteiger charge is -2.11. The van der Waals surface area contributed by atoms with Crippen LogP contribution in [0.15, 0.2) is 52.4 Å². The van der Waals surface area contributed by atoms with E-state index >= 15 is 0 Å². The summed E-state index contributed by atoms with van der Waals surface area (Å²) in [6.07, 6.45) is 1.77. The molecule has 1 fully saturated rings. The number of rotatable bonds is 3. The van der Waals surface area contributed by atoms with E-state index in [1.807, 2.05) is 43.3 Å². The van der Waals surface area contributed by atoms with E-state index in [-0.39, 0.29) is 11.6 Å². The number of amidine groups is 1. The molecule has 0 saturated carbocycles. The van der Waals surface area contributed by atoms with Gasteiger partial charge in [-0.2, -0.15) is 0 Å². The molecule has 0 N–H and O–H groups in total. The number of carbonyl (C=O) groups excluding carboxylic acids is 1. The van der Waals surface area contributed by atoms with Crippen LogP contribution >= 0.6 is 11.8 Å². The molecular formula is C19H17F2N3OS. The smallest absolute Gasteiger partial charge is 0.266 e. The minimum atomic E-state index is -0.768. The summed E-state index contributed by atoms with van der Waals surface area (Å²) in [6.45, 7) is 0. The van der Waals surface area contributed by atoms with Crippen LogP contribution < -0.4 is 4.90 Å². The van der Waals surface area contributed by atoms with Crippen molar-refractivity contribution in [2.24, 2.45) is 4.99 Å². The number of amides is 1. The molecule has 1 aliphatic heterocycles. The maximum Gasteiger partial charge on any atom is 0.266 e. The van der Waals surface area contributed by atoms with Crippen molar-refractivity contribution < 1.29 is 13.6 Å². The second-order valence-electron chi connectivity index (χ2n) is 5.95. The van der Waals surface area contributed by atoms with Crippen molar-refractivity contribution in [1.82, 2.24) is 4.90 Å². The quantitative estimate of drug-likeness (QED) is 0.754. The van der Waals surface area contributed by atoms with E-state index in [2.05, 4.69) is 4.99 Å². The lowest BCUT2D eigenvalue weighted by molar-refractivity contribution is -0.121. The van der Waals surface area contributed by atoms with Crippen LogP contribution in [-0.2, 0) is 4.79 Å². The zero-order chi connectivity index (χ0) is 18.8. The predicted molar refractivity (Wildman–Crippen MR) is 103 cm³/mol. The number of benzene rings is 2. The van der Waals surface area contributed by atoms with Crippen LogP contribution in [0, 0.1) is 11.6 Å². The molecule has 0 unspecified atom stereocenters. The Hall–Kier alpha value is -2.67. The van der Waals surface area contributed by atoms with E-state index in [1.165, 1.54) is 11.0 Å². The standard InChI is InChI=1S/C19H17F2N3OS/c1-23(2)14-7-4-12(5-8-14)10-17-18(25)24(3)19(26-17)22-16-9-6-13(20)11-15(16)21/h4-11H,1-3H3/b17-10+,22-19?. The Morgan fingerprint density at radius 3 is 2.42 bits per heavy atom. The fraction of sp³-hybridized carbons (Fsp3) is 0.158. The molecule has 0 aliphatic carbocycles. The molecule has 1 saturated heterocycles. The van der Waals surface area contributed by atoms with Gasteiger partial charge in [-0.25, -0.2) is 13.8 Å². The number of nitrogens with zero attached hydrogens (tertiary/aromatic N) is 3. The average Bonchev–Trinajstić information content (AvgIpc) is 2.86. The summed E-state index contributed by atoms with van der Waals surface area (Å²) >= 11 is 1.16. The van der Waals surface area contributed by atoms with Gasteiger partial charge in [0.2, 0.25) is 0 Å². The number of anilines is 1. The largest absolute Gasteiger partial charge is 0.378 e. The van der Waals surface area contributed by atoms with Crippen LogP contribution in [0.2, 0.25) is 0 Å². The lowest BCUT2D eigenvalue weighted by atomic mass is 10.2. The third kappa shape index (κ3) is 3.77. The summed E-state index contributed by atoms with van der Waals surface area (Å²) in [5.74, 6) is -1.65. The van der Waals surface area contributed by atoms with Crippen molar-refractivity contribution in [3.05, 3.63) is 64.6 Å². The second-order valence-corrected chi connectivity index (χ2v) is 6.96. The van der Waals surface area contributed by atoms with Gasteiger partial charge in [-0.3, -0.25) is 9.69 Å². The minimum absolute atomic E-state index is 0.00913. The highest BCUT2D eigenvalue weighted by atomic mass is 32.2. The van der Waals surface area contributed by atoms with Gasteiger partial charge in [0.05, 0.1) is 4.91 Å². The molecule has 0 spiro atoms. The average molecular weight is 373 g/mol. The third-order valence-corrected chi connectivity index (χ3v) is 4.90. The van der Waals surface area contributed by atoms with Gasteiger partial charge in [-0.15, -0.1) is 0 Å². The van der Waals surface area contributed by atoms with Crippen LogP contribution in [0.3, 0.4) is 0 Å². The van der Waals surface area contributed by atoms with E-state index in [9.17, 15) is 13.6 Å². The topological polar surface area (TPSA) is 35.9 Å². The van der Waals surface area contributed by atoms with Crippen LogP contribution in [0.4, 0.5) is 20.2 Å². The first-order valence-corrected chi connectivity index (χ1v) is 8.65. The Kier molecular flexibility index (Phi) is 5.08. The van der Waals surface area contributed by atoms with Crippen molar-refractivity contribution >= 4 is 40.3 Å². The van der Waals surface area contributed by atoms with Gasteiger partial charge in [0.1, 0.15) is 11.5 Å². The summed E-state index contributed by atoms with van der Waals surface area (Å²) in [5, 5.41) is 0.344. The van der Waals surface area contributed by atoms with Gasteiger partial charge in [0, 0.05) is 32.9 Å². The Balaban J connectivity index is 1.87. The summed E-state index contributed by atoms with van der Waals surface area (Å²) < 4.78 is 26.8. The van der Waals surface area contributed by atoms with Gasteiger partial charge in [-0.05, 0) is 47.7 Å². The van der Waals surface area contributed by atoms with Crippen LogP contribution in [-0.4, -0.2) is 37.1 Å². The number of halogens is 2. The first-order valence-electron chi connectivity index (χ1n) is 7.84. The highest BCUT2D eigenvalue weighted by Crippen LogP contribution is 2.33. The number of carbonyl (C=O) groups is 1. The first-order chi connectivity index (χ1) is 12.3. The molecule has 2 aromatic rings. The van der Waals surface area contributed by atoms with E-state index < -0.39 is 11.6 Å². The molecule has 1 aliphatic rings. The molecule has 0 radical (unpaired) electrons.